The van der Waals surface area contributed by atoms with Crippen LogP contribution < -0.4 is 5.73 Å². The molecule has 0 spiro atoms. The molecule has 2 aromatic carbocycles. The first-order valence-electron chi connectivity index (χ1n) is 6.68. The lowest BCUT2D eigenvalue weighted by Gasteiger charge is -2.15. The highest BCUT2D eigenvalue weighted by atomic mass is 35.5. The van der Waals surface area contributed by atoms with Crippen molar-refractivity contribution >= 4 is 22.5 Å². The highest BCUT2D eigenvalue weighted by Crippen LogP contribution is 2.25. The lowest BCUT2D eigenvalue weighted by Crippen LogP contribution is -2.15. The number of hydrogen-bond donors (Lipinski definition) is 1. The van der Waals surface area contributed by atoms with Gasteiger partial charge in [0.1, 0.15) is 5.82 Å². The SMILES string of the molecule is NC(Cc1cc(Cl)ccc1F)c1cccc2cccnc12. The summed E-state index contributed by atoms with van der Waals surface area (Å²) in [5, 5.41) is 1.53. The molecule has 0 aliphatic carbocycles. The average molecular weight is 301 g/mol. The number of benzene rings is 2. The summed E-state index contributed by atoms with van der Waals surface area (Å²) in [6.07, 6.45) is 2.11. The van der Waals surface area contributed by atoms with Crippen LogP contribution in [-0.4, -0.2) is 4.98 Å². The van der Waals surface area contributed by atoms with Gasteiger partial charge < -0.3 is 5.73 Å². The van der Waals surface area contributed by atoms with Crippen LogP contribution in [0, 0.1) is 5.82 Å². The van der Waals surface area contributed by atoms with Gasteiger partial charge in [0.25, 0.3) is 0 Å². The van der Waals surface area contributed by atoms with Gasteiger partial charge in [-0.2, -0.15) is 0 Å². The summed E-state index contributed by atoms with van der Waals surface area (Å²) in [5.74, 6) is -0.289. The van der Waals surface area contributed by atoms with Gasteiger partial charge in [-0.25, -0.2) is 4.39 Å². The van der Waals surface area contributed by atoms with E-state index in [1.807, 2.05) is 30.3 Å². The van der Waals surface area contributed by atoms with E-state index in [0.29, 0.717) is 17.0 Å². The zero-order valence-corrected chi connectivity index (χ0v) is 12.0. The molecule has 1 heterocycles. The molecule has 0 saturated carbocycles. The van der Waals surface area contributed by atoms with E-state index >= 15 is 0 Å². The fourth-order valence-electron chi connectivity index (χ4n) is 2.47. The predicted octanol–water partition coefficient (Wildman–Crippen LogP) is 4.27. The number of para-hydroxylation sites is 1. The van der Waals surface area contributed by atoms with E-state index in [2.05, 4.69) is 4.98 Å². The summed E-state index contributed by atoms with van der Waals surface area (Å²) in [5.41, 5.74) is 8.55. The third-order valence-corrected chi connectivity index (χ3v) is 3.75. The van der Waals surface area contributed by atoms with Crippen molar-refractivity contribution in [3.8, 4) is 0 Å². The minimum Gasteiger partial charge on any atom is -0.324 e. The second kappa shape index (κ2) is 5.80. The van der Waals surface area contributed by atoms with Crippen LogP contribution in [0.3, 0.4) is 0 Å². The van der Waals surface area contributed by atoms with E-state index in [1.165, 1.54) is 12.1 Å². The van der Waals surface area contributed by atoms with Crippen molar-refractivity contribution < 1.29 is 4.39 Å². The van der Waals surface area contributed by atoms with Crippen molar-refractivity contribution in [2.45, 2.75) is 12.5 Å². The molecule has 0 radical (unpaired) electrons. The fourth-order valence-corrected chi connectivity index (χ4v) is 2.67. The molecular formula is C17H14ClFN2. The minimum absolute atomic E-state index is 0.289. The summed E-state index contributed by atoms with van der Waals surface area (Å²) in [6.45, 7) is 0. The Balaban J connectivity index is 1.97. The summed E-state index contributed by atoms with van der Waals surface area (Å²) >= 11 is 5.92. The van der Waals surface area contributed by atoms with Crippen LogP contribution in [0.25, 0.3) is 10.9 Å². The smallest absolute Gasteiger partial charge is 0.126 e. The minimum atomic E-state index is -0.337. The number of rotatable bonds is 3. The van der Waals surface area contributed by atoms with Gasteiger partial charge in [-0.3, -0.25) is 4.98 Å². The maximum absolute atomic E-state index is 13.8. The molecule has 106 valence electrons. The molecule has 0 saturated heterocycles. The van der Waals surface area contributed by atoms with E-state index in [0.717, 1.165) is 16.5 Å². The molecule has 1 aromatic heterocycles. The number of halogens is 2. The number of nitrogens with two attached hydrogens (primary N) is 1. The van der Waals surface area contributed by atoms with Crippen LogP contribution in [-0.2, 0) is 6.42 Å². The first-order valence-corrected chi connectivity index (χ1v) is 7.06. The van der Waals surface area contributed by atoms with Crippen molar-refractivity contribution in [1.82, 2.24) is 4.98 Å². The largest absolute Gasteiger partial charge is 0.324 e. The highest BCUT2D eigenvalue weighted by molar-refractivity contribution is 6.30. The monoisotopic (exact) mass is 300 g/mol. The molecule has 0 amide bonds. The summed E-state index contributed by atoms with van der Waals surface area (Å²) in [4.78, 5) is 4.38. The lowest BCUT2D eigenvalue weighted by atomic mass is 9.97. The number of nitrogens with zero attached hydrogens (tertiary/aromatic N) is 1. The van der Waals surface area contributed by atoms with Crippen molar-refractivity contribution in [2.24, 2.45) is 5.73 Å². The third kappa shape index (κ3) is 2.89. The molecule has 1 atom stereocenters. The Morgan fingerprint density at radius 2 is 1.95 bits per heavy atom. The van der Waals surface area contributed by atoms with Gasteiger partial charge in [-0.1, -0.05) is 35.9 Å². The van der Waals surface area contributed by atoms with Crippen LogP contribution in [0.5, 0.6) is 0 Å². The maximum Gasteiger partial charge on any atom is 0.126 e. The normalized spacial score (nSPS) is 12.5. The Morgan fingerprint density at radius 1 is 1.14 bits per heavy atom. The van der Waals surface area contributed by atoms with Crippen LogP contribution in [0.1, 0.15) is 17.2 Å². The molecule has 3 rings (SSSR count). The predicted molar refractivity (Wildman–Crippen MR) is 83.8 cm³/mol. The molecule has 2 N–H and O–H groups in total. The number of hydrogen-bond acceptors (Lipinski definition) is 2. The van der Waals surface area contributed by atoms with Crippen molar-refractivity contribution in [3.05, 3.63) is 76.7 Å². The van der Waals surface area contributed by atoms with Crippen LogP contribution in [0.15, 0.2) is 54.7 Å². The Labute approximate surface area is 127 Å². The molecular weight excluding hydrogens is 287 g/mol. The quantitative estimate of drug-likeness (QED) is 0.784. The highest BCUT2D eigenvalue weighted by Gasteiger charge is 2.14. The van der Waals surface area contributed by atoms with E-state index in [9.17, 15) is 4.39 Å². The van der Waals surface area contributed by atoms with Gasteiger partial charge >= 0.3 is 0 Å². The molecule has 0 aliphatic rings. The zero-order valence-electron chi connectivity index (χ0n) is 11.3. The molecule has 0 aliphatic heterocycles. The Hall–Kier alpha value is -1.97. The average Bonchev–Trinajstić information content (AvgIpc) is 2.50. The van der Waals surface area contributed by atoms with Crippen LogP contribution in [0.4, 0.5) is 4.39 Å². The second-order valence-corrected chi connectivity index (χ2v) is 5.41. The van der Waals surface area contributed by atoms with E-state index in [-0.39, 0.29) is 11.9 Å². The molecule has 0 bridgehead atoms. The molecule has 21 heavy (non-hydrogen) atoms. The number of fused-ring (bicyclic) bond motifs is 1. The summed E-state index contributed by atoms with van der Waals surface area (Å²) in [7, 11) is 0. The molecule has 3 aromatic rings. The first-order chi connectivity index (χ1) is 10.1. The van der Waals surface area contributed by atoms with Crippen LogP contribution >= 0.6 is 11.6 Å². The van der Waals surface area contributed by atoms with Crippen molar-refractivity contribution in [1.29, 1.82) is 0 Å². The lowest BCUT2D eigenvalue weighted by molar-refractivity contribution is 0.594. The first kappa shape index (κ1) is 14.0. The topological polar surface area (TPSA) is 38.9 Å². The standard InChI is InChI=1S/C17H14ClFN2/c18-13-6-7-15(19)12(9-13)10-16(20)14-5-1-3-11-4-2-8-21-17(11)14/h1-9,16H,10,20H2. The van der Waals surface area contributed by atoms with Gasteiger partial charge in [-0.15, -0.1) is 0 Å². The van der Waals surface area contributed by atoms with Crippen molar-refractivity contribution in [3.63, 3.8) is 0 Å². The van der Waals surface area contributed by atoms with E-state index in [1.54, 1.807) is 12.3 Å². The van der Waals surface area contributed by atoms with Crippen molar-refractivity contribution in [2.75, 3.05) is 0 Å². The van der Waals surface area contributed by atoms with Gasteiger partial charge in [0.15, 0.2) is 0 Å². The summed E-state index contributed by atoms with van der Waals surface area (Å²) < 4.78 is 13.8. The third-order valence-electron chi connectivity index (χ3n) is 3.51. The van der Waals surface area contributed by atoms with Gasteiger partial charge in [0.05, 0.1) is 5.52 Å². The van der Waals surface area contributed by atoms with E-state index in [4.69, 9.17) is 17.3 Å². The number of aromatic nitrogens is 1. The Morgan fingerprint density at radius 3 is 2.81 bits per heavy atom. The van der Waals surface area contributed by atoms with Gasteiger partial charge in [-0.05, 0) is 41.8 Å². The Kier molecular flexibility index (Phi) is 3.86. The Bertz CT molecular complexity index is 783. The molecule has 0 fully saturated rings. The second-order valence-electron chi connectivity index (χ2n) is 4.97. The fraction of sp³-hybridized carbons (Fsp3) is 0.118. The van der Waals surface area contributed by atoms with Gasteiger partial charge in [0.2, 0.25) is 0 Å². The maximum atomic E-state index is 13.8. The van der Waals surface area contributed by atoms with E-state index < -0.39 is 0 Å². The zero-order chi connectivity index (χ0) is 14.8. The molecule has 1 unspecified atom stereocenters. The number of pyridine rings is 1. The van der Waals surface area contributed by atoms with Crippen LogP contribution in [0.2, 0.25) is 5.02 Å². The molecule has 2 nitrogen and oxygen atoms in total. The molecule has 4 heteroatoms. The van der Waals surface area contributed by atoms with Gasteiger partial charge in [0, 0.05) is 22.6 Å². The summed E-state index contributed by atoms with van der Waals surface area (Å²) in [6, 6.07) is 13.9.